The number of hydrogen-bond acceptors (Lipinski definition) is 6. The number of ether oxygens (including phenoxy) is 2. The predicted molar refractivity (Wildman–Crippen MR) is 67.4 cm³/mol. The molecule has 0 unspecified atom stereocenters. The third-order valence-electron chi connectivity index (χ3n) is 2.74. The van der Waals surface area contributed by atoms with Gasteiger partial charge in [-0.05, 0) is 13.0 Å². The van der Waals surface area contributed by atoms with Gasteiger partial charge < -0.3 is 9.47 Å². The predicted octanol–water partition coefficient (Wildman–Crippen LogP) is 0.432. The van der Waals surface area contributed by atoms with Crippen LogP contribution in [0.1, 0.15) is 16.2 Å². The maximum Gasteiger partial charge on any atom is 0.343 e. The number of pyridine rings is 1. The van der Waals surface area contributed by atoms with E-state index in [1.54, 1.807) is 6.92 Å². The van der Waals surface area contributed by atoms with E-state index in [0.29, 0.717) is 22.7 Å². The van der Waals surface area contributed by atoms with Gasteiger partial charge in [0, 0.05) is 7.05 Å². The SMILES string of the molecule is COC(=O)c1cc2c(OC)nc(C)nc2n(C)c1=O. The molecule has 0 fully saturated rings. The molecule has 7 nitrogen and oxygen atoms in total. The minimum absolute atomic E-state index is 0.0803. The lowest BCUT2D eigenvalue weighted by Gasteiger charge is -2.10. The number of rotatable bonds is 2. The van der Waals surface area contributed by atoms with Gasteiger partial charge in [-0.25, -0.2) is 9.78 Å². The Morgan fingerprint density at radius 1 is 1.32 bits per heavy atom. The molecule has 0 aliphatic carbocycles. The van der Waals surface area contributed by atoms with Crippen molar-refractivity contribution in [2.75, 3.05) is 14.2 Å². The molecule has 0 radical (unpaired) electrons. The Hall–Kier alpha value is -2.44. The zero-order valence-corrected chi connectivity index (χ0v) is 11.1. The summed E-state index contributed by atoms with van der Waals surface area (Å²) in [5, 5.41) is 0.482. The molecule has 0 spiro atoms. The van der Waals surface area contributed by atoms with Crippen LogP contribution in [-0.4, -0.2) is 34.7 Å². The fraction of sp³-hybridized carbons (Fsp3) is 0.333. The van der Waals surface area contributed by atoms with Gasteiger partial charge >= 0.3 is 5.97 Å². The van der Waals surface area contributed by atoms with Crippen LogP contribution in [0.4, 0.5) is 0 Å². The molecule has 2 aromatic heterocycles. The third-order valence-corrected chi connectivity index (χ3v) is 2.74. The molecule has 7 heteroatoms. The van der Waals surface area contributed by atoms with E-state index in [9.17, 15) is 9.59 Å². The van der Waals surface area contributed by atoms with Crippen LogP contribution in [0.2, 0.25) is 0 Å². The number of hydrogen-bond donors (Lipinski definition) is 0. The summed E-state index contributed by atoms with van der Waals surface area (Å²) in [5.74, 6) is 0.0820. The number of carbonyl (C=O) groups excluding carboxylic acids is 1. The first kappa shape index (κ1) is 13.0. The summed E-state index contributed by atoms with van der Waals surface area (Å²) >= 11 is 0. The van der Waals surface area contributed by atoms with E-state index in [-0.39, 0.29) is 5.56 Å². The summed E-state index contributed by atoms with van der Waals surface area (Å²) in [4.78, 5) is 31.9. The van der Waals surface area contributed by atoms with Gasteiger partial charge in [-0.2, -0.15) is 4.98 Å². The quantitative estimate of drug-likeness (QED) is 0.731. The van der Waals surface area contributed by atoms with Crippen molar-refractivity contribution in [1.82, 2.24) is 14.5 Å². The molecular weight excluding hydrogens is 250 g/mol. The Balaban J connectivity index is 2.92. The first-order valence-electron chi connectivity index (χ1n) is 5.50. The molecule has 0 N–H and O–H groups in total. The average molecular weight is 263 g/mol. The maximum absolute atomic E-state index is 12.1. The van der Waals surface area contributed by atoms with Crippen molar-refractivity contribution in [2.45, 2.75) is 6.92 Å². The monoisotopic (exact) mass is 263 g/mol. The normalized spacial score (nSPS) is 10.5. The molecule has 2 rings (SSSR count). The average Bonchev–Trinajstić information content (AvgIpc) is 2.41. The zero-order chi connectivity index (χ0) is 14.2. The van der Waals surface area contributed by atoms with Crippen molar-refractivity contribution in [2.24, 2.45) is 7.05 Å². The standard InChI is InChI=1S/C12H13N3O4/c1-6-13-9-7(10(14-6)18-3)5-8(12(17)19-4)11(16)15(9)2/h5H,1-4H3. The number of carbonyl (C=O) groups is 1. The summed E-state index contributed by atoms with van der Waals surface area (Å²) in [6.07, 6.45) is 0. The van der Waals surface area contributed by atoms with Gasteiger partial charge in [0.15, 0.2) is 0 Å². The van der Waals surface area contributed by atoms with Crippen LogP contribution in [0, 0.1) is 6.92 Å². The molecule has 2 heterocycles. The fourth-order valence-corrected chi connectivity index (χ4v) is 1.82. The number of aryl methyl sites for hydroxylation is 2. The maximum atomic E-state index is 12.1. The first-order valence-corrected chi connectivity index (χ1v) is 5.50. The molecule has 0 amide bonds. The highest BCUT2D eigenvalue weighted by Gasteiger charge is 2.18. The summed E-state index contributed by atoms with van der Waals surface area (Å²) < 4.78 is 11.0. The van der Waals surface area contributed by atoms with Crippen molar-refractivity contribution in [3.05, 3.63) is 27.8 Å². The lowest BCUT2D eigenvalue weighted by atomic mass is 10.2. The largest absolute Gasteiger partial charge is 0.480 e. The van der Waals surface area contributed by atoms with Gasteiger partial charge in [-0.3, -0.25) is 9.36 Å². The van der Waals surface area contributed by atoms with Crippen molar-refractivity contribution >= 4 is 17.0 Å². The fourth-order valence-electron chi connectivity index (χ4n) is 1.82. The number of fused-ring (bicyclic) bond motifs is 1. The van der Waals surface area contributed by atoms with E-state index < -0.39 is 11.5 Å². The van der Waals surface area contributed by atoms with Gasteiger partial charge in [0.05, 0.1) is 19.6 Å². The number of nitrogens with zero attached hydrogens (tertiary/aromatic N) is 3. The number of methoxy groups -OCH3 is 2. The Bertz CT molecular complexity index is 721. The molecule has 2 aromatic rings. The van der Waals surface area contributed by atoms with Crippen molar-refractivity contribution in [1.29, 1.82) is 0 Å². The summed E-state index contributed by atoms with van der Waals surface area (Å²) in [6.45, 7) is 1.70. The van der Waals surface area contributed by atoms with Crippen molar-refractivity contribution in [3.8, 4) is 5.88 Å². The van der Waals surface area contributed by atoms with Gasteiger partial charge in [0.1, 0.15) is 17.0 Å². The number of aromatic nitrogens is 3. The molecule has 0 saturated carbocycles. The van der Waals surface area contributed by atoms with Crippen LogP contribution in [0.5, 0.6) is 5.88 Å². The molecule has 19 heavy (non-hydrogen) atoms. The molecular formula is C12H13N3O4. The molecule has 0 saturated heterocycles. The van der Waals surface area contributed by atoms with E-state index in [2.05, 4.69) is 14.7 Å². The van der Waals surface area contributed by atoms with Crippen LogP contribution in [0.15, 0.2) is 10.9 Å². The van der Waals surface area contributed by atoms with Gasteiger partial charge in [-0.15, -0.1) is 0 Å². The van der Waals surface area contributed by atoms with Crippen LogP contribution >= 0.6 is 0 Å². The van der Waals surface area contributed by atoms with Crippen molar-refractivity contribution < 1.29 is 14.3 Å². The highest BCUT2D eigenvalue weighted by atomic mass is 16.5. The first-order chi connectivity index (χ1) is 8.99. The van der Waals surface area contributed by atoms with Gasteiger partial charge in [0.2, 0.25) is 5.88 Å². The summed E-state index contributed by atoms with van der Waals surface area (Å²) in [7, 11) is 4.21. The molecule has 0 aromatic carbocycles. The molecule has 100 valence electrons. The van der Waals surface area contributed by atoms with E-state index in [4.69, 9.17) is 4.74 Å². The minimum Gasteiger partial charge on any atom is -0.480 e. The third kappa shape index (κ3) is 2.03. The Labute approximate surface area is 108 Å². The number of esters is 1. The Kier molecular flexibility index (Phi) is 3.20. The van der Waals surface area contributed by atoms with E-state index in [1.165, 1.54) is 31.9 Å². The molecule has 0 aliphatic rings. The molecule has 0 bridgehead atoms. The van der Waals surface area contributed by atoms with E-state index in [0.717, 1.165) is 0 Å². The topological polar surface area (TPSA) is 83.3 Å². The van der Waals surface area contributed by atoms with Gasteiger partial charge in [-0.1, -0.05) is 0 Å². The second-order valence-electron chi connectivity index (χ2n) is 3.93. The molecule has 0 atom stereocenters. The van der Waals surface area contributed by atoms with Crippen LogP contribution in [0.3, 0.4) is 0 Å². The van der Waals surface area contributed by atoms with Crippen LogP contribution < -0.4 is 10.3 Å². The lowest BCUT2D eigenvalue weighted by molar-refractivity contribution is 0.0598. The van der Waals surface area contributed by atoms with E-state index in [1.807, 2.05) is 0 Å². The Morgan fingerprint density at radius 2 is 2.00 bits per heavy atom. The second kappa shape index (κ2) is 4.68. The molecule has 0 aliphatic heterocycles. The summed E-state index contributed by atoms with van der Waals surface area (Å²) in [5.41, 5.74) is -0.148. The van der Waals surface area contributed by atoms with Crippen LogP contribution in [-0.2, 0) is 11.8 Å². The second-order valence-corrected chi connectivity index (χ2v) is 3.93. The summed E-state index contributed by atoms with van der Waals surface area (Å²) in [6, 6.07) is 1.39. The Morgan fingerprint density at radius 3 is 2.58 bits per heavy atom. The zero-order valence-electron chi connectivity index (χ0n) is 11.1. The lowest BCUT2D eigenvalue weighted by Crippen LogP contribution is -2.26. The highest BCUT2D eigenvalue weighted by Crippen LogP contribution is 2.21. The van der Waals surface area contributed by atoms with Crippen LogP contribution in [0.25, 0.3) is 11.0 Å². The highest BCUT2D eigenvalue weighted by molar-refractivity contribution is 5.94. The van der Waals surface area contributed by atoms with E-state index >= 15 is 0 Å². The smallest absolute Gasteiger partial charge is 0.343 e. The van der Waals surface area contributed by atoms with Crippen molar-refractivity contribution in [3.63, 3.8) is 0 Å². The van der Waals surface area contributed by atoms with Gasteiger partial charge in [0.25, 0.3) is 5.56 Å². The minimum atomic E-state index is -0.704.